The van der Waals surface area contributed by atoms with Gasteiger partial charge < -0.3 is 10.2 Å². The molecule has 2 heterocycles. The van der Waals surface area contributed by atoms with E-state index in [2.05, 4.69) is 16.4 Å². The number of anilines is 1. The van der Waals surface area contributed by atoms with Crippen LogP contribution in [0.15, 0.2) is 6.07 Å². The molecular formula is C14H20N4O. The summed E-state index contributed by atoms with van der Waals surface area (Å²) in [5.74, 6) is 1.36. The van der Waals surface area contributed by atoms with E-state index in [4.69, 9.17) is 4.98 Å². The quantitative estimate of drug-likeness (QED) is 0.872. The molecule has 0 aromatic carbocycles. The summed E-state index contributed by atoms with van der Waals surface area (Å²) in [6.45, 7) is 5.35. The van der Waals surface area contributed by atoms with Crippen molar-refractivity contribution < 1.29 is 4.79 Å². The van der Waals surface area contributed by atoms with Crippen molar-refractivity contribution in [1.29, 1.82) is 0 Å². The van der Waals surface area contributed by atoms with Crippen LogP contribution in [-0.2, 0) is 4.79 Å². The van der Waals surface area contributed by atoms with Crippen molar-refractivity contribution in [3.8, 4) is 0 Å². The van der Waals surface area contributed by atoms with Crippen LogP contribution in [0.3, 0.4) is 0 Å². The number of hydrogen-bond acceptors (Lipinski definition) is 4. The molecule has 0 radical (unpaired) electrons. The van der Waals surface area contributed by atoms with Crippen LogP contribution in [0.1, 0.15) is 43.5 Å². The monoisotopic (exact) mass is 260 g/mol. The number of piperazine rings is 1. The van der Waals surface area contributed by atoms with Crippen LogP contribution in [-0.4, -0.2) is 35.0 Å². The van der Waals surface area contributed by atoms with E-state index in [9.17, 15) is 4.79 Å². The van der Waals surface area contributed by atoms with E-state index in [0.717, 1.165) is 17.9 Å². The van der Waals surface area contributed by atoms with Crippen molar-refractivity contribution in [2.75, 3.05) is 18.0 Å². The van der Waals surface area contributed by atoms with Gasteiger partial charge in [-0.1, -0.05) is 6.42 Å². The third-order valence-electron chi connectivity index (χ3n) is 4.14. The van der Waals surface area contributed by atoms with Gasteiger partial charge >= 0.3 is 0 Å². The number of hydrogen-bond donors (Lipinski definition) is 1. The molecule has 1 N–H and O–H groups in total. The number of nitrogens with one attached hydrogen (secondary N) is 1. The number of rotatable bonds is 2. The minimum Gasteiger partial charge on any atom is -0.353 e. The number of nitrogens with zero attached hydrogens (tertiary/aromatic N) is 3. The first-order valence-corrected chi connectivity index (χ1v) is 7.05. The summed E-state index contributed by atoms with van der Waals surface area (Å²) >= 11 is 0. The summed E-state index contributed by atoms with van der Waals surface area (Å²) in [5.41, 5.74) is 2.14. The molecule has 1 unspecified atom stereocenters. The zero-order chi connectivity index (χ0) is 13.4. The molecule has 3 rings (SSSR count). The van der Waals surface area contributed by atoms with Crippen molar-refractivity contribution in [1.82, 2.24) is 15.3 Å². The molecule has 19 heavy (non-hydrogen) atoms. The van der Waals surface area contributed by atoms with E-state index in [0.29, 0.717) is 18.4 Å². The summed E-state index contributed by atoms with van der Waals surface area (Å²) in [6, 6.07) is 1.90. The highest BCUT2D eigenvalue weighted by atomic mass is 16.2. The van der Waals surface area contributed by atoms with E-state index in [-0.39, 0.29) is 11.9 Å². The van der Waals surface area contributed by atoms with Gasteiger partial charge in [-0.3, -0.25) is 4.79 Å². The van der Waals surface area contributed by atoms with Gasteiger partial charge in [0.15, 0.2) is 0 Å². The third-order valence-corrected chi connectivity index (χ3v) is 4.14. The largest absolute Gasteiger partial charge is 0.353 e. The van der Waals surface area contributed by atoms with Crippen molar-refractivity contribution in [2.24, 2.45) is 0 Å². The number of aromatic nitrogens is 2. The van der Waals surface area contributed by atoms with Crippen molar-refractivity contribution in [3.63, 3.8) is 0 Å². The maximum Gasteiger partial charge on any atom is 0.242 e. The first-order chi connectivity index (χ1) is 9.15. The minimum absolute atomic E-state index is 0.0570. The lowest BCUT2D eigenvalue weighted by Crippen LogP contribution is -2.54. The molecule has 5 heteroatoms. The van der Waals surface area contributed by atoms with Crippen molar-refractivity contribution in [3.05, 3.63) is 17.5 Å². The molecule has 1 saturated heterocycles. The SMILES string of the molecule is Cc1cc(C2CCC2)nc(N2CCNC(=O)C2C)n1. The van der Waals surface area contributed by atoms with E-state index in [1.165, 1.54) is 19.3 Å². The fourth-order valence-corrected chi connectivity index (χ4v) is 2.67. The maximum absolute atomic E-state index is 11.7. The molecule has 5 nitrogen and oxygen atoms in total. The Morgan fingerprint density at radius 3 is 2.84 bits per heavy atom. The van der Waals surface area contributed by atoms with Crippen LogP contribution in [0.2, 0.25) is 0 Å². The smallest absolute Gasteiger partial charge is 0.242 e. The number of carbonyl (C=O) groups excluding carboxylic acids is 1. The molecule has 2 fully saturated rings. The Morgan fingerprint density at radius 1 is 1.37 bits per heavy atom. The standard InChI is InChI=1S/C14H20N4O/c1-9-8-12(11-4-3-5-11)17-14(16-9)18-7-6-15-13(19)10(18)2/h8,10-11H,3-7H2,1-2H3,(H,15,19). The van der Waals surface area contributed by atoms with Gasteiger partial charge in [0, 0.05) is 30.4 Å². The average Bonchev–Trinajstić information content (AvgIpc) is 2.29. The van der Waals surface area contributed by atoms with E-state index in [1.807, 2.05) is 18.7 Å². The van der Waals surface area contributed by atoms with E-state index in [1.54, 1.807) is 0 Å². The van der Waals surface area contributed by atoms with Gasteiger partial charge in [-0.15, -0.1) is 0 Å². The Hall–Kier alpha value is -1.65. The van der Waals surface area contributed by atoms with Gasteiger partial charge in [-0.2, -0.15) is 0 Å². The van der Waals surface area contributed by atoms with Gasteiger partial charge in [-0.25, -0.2) is 9.97 Å². The first-order valence-electron chi connectivity index (χ1n) is 7.05. The predicted octanol–water partition coefficient (Wildman–Crippen LogP) is 1.38. The van der Waals surface area contributed by atoms with Gasteiger partial charge in [0.2, 0.25) is 11.9 Å². The molecule has 0 spiro atoms. The van der Waals surface area contributed by atoms with Crippen molar-refractivity contribution >= 4 is 11.9 Å². The molecule has 1 aromatic heterocycles. The van der Waals surface area contributed by atoms with Gasteiger partial charge in [0.05, 0.1) is 0 Å². The molecule has 102 valence electrons. The first kappa shape index (κ1) is 12.4. The van der Waals surface area contributed by atoms with Gasteiger partial charge in [0.1, 0.15) is 6.04 Å². The molecule has 1 saturated carbocycles. The molecule has 1 aliphatic carbocycles. The highest BCUT2D eigenvalue weighted by molar-refractivity contribution is 5.85. The normalized spacial score (nSPS) is 24.0. The van der Waals surface area contributed by atoms with E-state index >= 15 is 0 Å². The van der Waals surface area contributed by atoms with Crippen LogP contribution < -0.4 is 10.2 Å². The van der Waals surface area contributed by atoms with Crippen LogP contribution in [0.4, 0.5) is 5.95 Å². The Morgan fingerprint density at radius 2 is 2.16 bits per heavy atom. The lowest BCUT2D eigenvalue weighted by molar-refractivity contribution is -0.122. The predicted molar refractivity (Wildman–Crippen MR) is 73.2 cm³/mol. The van der Waals surface area contributed by atoms with Gasteiger partial charge in [-0.05, 0) is 32.8 Å². The average molecular weight is 260 g/mol. The van der Waals surface area contributed by atoms with Crippen molar-refractivity contribution in [2.45, 2.75) is 45.1 Å². The number of carbonyl (C=O) groups is 1. The number of amides is 1. The van der Waals surface area contributed by atoms with Crippen LogP contribution in [0.5, 0.6) is 0 Å². The molecule has 1 aromatic rings. The summed E-state index contributed by atoms with van der Waals surface area (Å²) in [6.07, 6.45) is 3.75. The molecule has 2 aliphatic rings. The lowest BCUT2D eigenvalue weighted by atomic mass is 9.82. The minimum atomic E-state index is -0.190. The Kier molecular flexibility index (Phi) is 3.12. The second kappa shape index (κ2) is 4.79. The third kappa shape index (κ3) is 2.29. The molecule has 1 atom stereocenters. The molecule has 1 aliphatic heterocycles. The fourth-order valence-electron chi connectivity index (χ4n) is 2.67. The highest BCUT2D eigenvalue weighted by Crippen LogP contribution is 2.36. The highest BCUT2D eigenvalue weighted by Gasteiger charge is 2.29. The summed E-state index contributed by atoms with van der Waals surface area (Å²) < 4.78 is 0. The maximum atomic E-state index is 11.7. The van der Waals surface area contributed by atoms with Gasteiger partial charge in [0.25, 0.3) is 0 Å². The lowest BCUT2D eigenvalue weighted by Gasteiger charge is -2.34. The second-order valence-electron chi connectivity index (χ2n) is 5.52. The summed E-state index contributed by atoms with van der Waals surface area (Å²) in [4.78, 5) is 23.0. The number of aryl methyl sites for hydroxylation is 1. The Bertz CT molecular complexity index is 498. The molecule has 0 bridgehead atoms. The topological polar surface area (TPSA) is 58.1 Å². The molecular weight excluding hydrogens is 240 g/mol. The van der Waals surface area contributed by atoms with Crippen LogP contribution >= 0.6 is 0 Å². The fraction of sp³-hybridized carbons (Fsp3) is 0.643. The summed E-state index contributed by atoms with van der Waals surface area (Å²) in [5, 5.41) is 2.87. The van der Waals surface area contributed by atoms with Crippen LogP contribution in [0, 0.1) is 6.92 Å². The molecule has 1 amide bonds. The Balaban J connectivity index is 1.90. The second-order valence-corrected chi connectivity index (χ2v) is 5.52. The zero-order valence-electron chi connectivity index (χ0n) is 11.5. The summed E-state index contributed by atoms with van der Waals surface area (Å²) in [7, 11) is 0. The van der Waals surface area contributed by atoms with Crippen LogP contribution in [0.25, 0.3) is 0 Å². The zero-order valence-corrected chi connectivity index (χ0v) is 11.5. The Labute approximate surface area is 113 Å². The van der Waals surface area contributed by atoms with E-state index < -0.39 is 0 Å².